The highest BCUT2D eigenvalue weighted by Crippen LogP contribution is 2.30. The maximum absolute atomic E-state index is 12.8. The Morgan fingerprint density at radius 2 is 1.97 bits per heavy atom. The number of aryl methyl sites for hydroxylation is 1. The summed E-state index contributed by atoms with van der Waals surface area (Å²) in [7, 11) is 0. The summed E-state index contributed by atoms with van der Waals surface area (Å²) < 4.78 is 43.7. The summed E-state index contributed by atoms with van der Waals surface area (Å²) in [5.41, 5.74) is 0.876. The molecule has 3 aromatic rings. The van der Waals surface area contributed by atoms with Gasteiger partial charge in [0.25, 0.3) is 5.91 Å². The smallest absolute Gasteiger partial charge is 0.405 e. The van der Waals surface area contributed by atoms with Gasteiger partial charge < -0.3 is 9.50 Å². The summed E-state index contributed by atoms with van der Waals surface area (Å²) in [5, 5.41) is 11.9. The molecule has 0 aliphatic rings. The van der Waals surface area contributed by atoms with E-state index in [0.717, 1.165) is 18.2 Å². The summed E-state index contributed by atoms with van der Waals surface area (Å²) in [6.07, 6.45) is 0.834. The Morgan fingerprint density at radius 3 is 2.65 bits per heavy atom. The summed E-state index contributed by atoms with van der Waals surface area (Å²) in [5.74, 6) is -0.573. The second-order valence-electron chi connectivity index (χ2n) is 6.18. The van der Waals surface area contributed by atoms with Crippen LogP contribution in [-0.2, 0) is 6.18 Å². The first-order valence-electron chi connectivity index (χ1n) is 8.65. The third kappa shape index (κ3) is 5.10. The van der Waals surface area contributed by atoms with Gasteiger partial charge in [-0.2, -0.15) is 18.4 Å². The molecule has 158 valence electrons. The molecule has 0 aromatic carbocycles. The number of hydrogen-bond donors (Lipinski definition) is 1. The number of nitrogens with one attached hydrogen (secondary N) is 1. The van der Waals surface area contributed by atoms with Crippen LogP contribution in [0.1, 0.15) is 27.3 Å². The van der Waals surface area contributed by atoms with Crippen LogP contribution in [0.2, 0.25) is 0 Å². The third-order valence-corrected chi connectivity index (χ3v) is 4.43. The summed E-state index contributed by atoms with van der Waals surface area (Å²) >= 11 is 1.05. The zero-order chi connectivity index (χ0) is 22.6. The van der Waals surface area contributed by atoms with Crippen LogP contribution >= 0.6 is 12.0 Å². The molecule has 1 amide bonds. The molecule has 0 saturated heterocycles. The van der Waals surface area contributed by atoms with Crippen molar-refractivity contribution >= 4 is 23.6 Å². The van der Waals surface area contributed by atoms with Crippen molar-refractivity contribution in [3.63, 3.8) is 0 Å². The lowest BCUT2D eigenvalue weighted by Crippen LogP contribution is -2.15. The van der Waals surface area contributed by atoms with E-state index in [1.165, 1.54) is 18.5 Å². The fourth-order valence-corrected chi connectivity index (χ4v) is 2.94. The molecule has 1 N–H and O–H groups in total. The molecule has 0 spiro atoms. The fraction of sp³-hybridized carbons (Fsp3) is 0.150. The molecular weight excluding hydrogens is 431 g/mol. The quantitative estimate of drug-likeness (QED) is 0.571. The number of hydrogen-bond acceptors (Lipinski definition) is 7. The zero-order valence-electron chi connectivity index (χ0n) is 16.2. The molecule has 0 aliphatic carbocycles. The Balaban J connectivity index is 1.90. The van der Waals surface area contributed by atoms with Gasteiger partial charge in [0.1, 0.15) is 17.3 Å². The lowest BCUT2D eigenvalue weighted by atomic mass is 10.0. The predicted octanol–water partition coefficient (Wildman–Crippen LogP) is 4.65. The first-order valence-corrected chi connectivity index (χ1v) is 9.80. The van der Waals surface area contributed by atoms with Crippen molar-refractivity contribution in [3.8, 4) is 23.1 Å². The average molecular weight is 445 g/mol. The van der Waals surface area contributed by atoms with E-state index in [-0.39, 0.29) is 22.7 Å². The number of aromatic nitrogens is 3. The van der Waals surface area contributed by atoms with E-state index in [0.29, 0.717) is 22.9 Å². The van der Waals surface area contributed by atoms with Crippen LogP contribution in [0.3, 0.4) is 0 Å². The molecule has 7 nitrogen and oxygen atoms in total. The minimum Gasteiger partial charge on any atom is -0.405 e. The van der Waals surface area contributed by atoms with E-state index in [1.807, 2.05) is 6.07 Å². The minimum atomic E-state index is -4.66. The van der Waals surface area contributed by atoms with E-state index in [4.69, 9.17) is 4.18 Å². The van der Waals surface area contributed by atoms with E-state index in [2.05, 4.69) is 20.3 Å². The molecule has 0 radical (unpaired) electrons. The SMILES string of the molecule is CSOc1ncc(-c2cc(NC(=O)c3ccnc(C(F)(F)F)c3)cnc2C)cc1C#N. The molecule has 0 fully saturated rings. The van der Waals surface area contributed by atoms with Crippen LogP contribution < -0.4 is 9.50 Å². The number of carbonyl (C=O) groups is 1. The van der Waals surface area contributed by atoms with Gasteiger partial charge in [-0.1, -0.05) is 0 Å². The normalized spacial score (nSPS) is 11.0. The molecule has 0 bridgehead atoms. The van der Waals surface area contributed by atoms with Gasteiger partial charge in [0.2, 0.25) is 5.88 Å². The Hall–Kier alpha value is -3.65. The van der Waals surface area contributed by atoms with Crippen molar-refractivity contribution in [1.82, 2.24) is 15.0 Å². The molecule has 0 unspecified atom stereocenters. The van der Waals surface area contributed by atoms with Gasteiger partial charge in [0.15, 0.2) is 0 Å². The van der Waals surface area contributed by atoms with Gasteiger partial charge in [0, 0.05) is 41.0 Å². The van der Waals surface area contributed by atoms with Crippen molar-refractivity contribution < 1.29 is 22.1 Å². The number of amides is 1. The molecule has 0 atom stereocenters. The molecule has 3 rings (SSSR count). The molecule has 3 aromatic heterocycles. The number of anilines is 1. The molecule has 31 heavy (non-hydrogen) atoms. The molecule has 0 saturated carbocycles. The lowest BCUT2D eigenvalue weighted by Gasteiger charge is -2.11. The number of rotatable bonds is 5. The van der Waals surface area contributed by atoms with Crippen LogP contribution in [0, 0.1) is 18.3 Å². The van der Waals surface area contributed by atoms with Crippen LogP contribution in [0.15, 0.2) is 42.9 Å². The molecule has 11 heteroatoms. The van der Waals surface area contributed by atoms with Crippen LogP contribution in [0.4, 0.5) is 18.9 Å². The Labute approximate surface area is 179 Å². The van der Waals surface area contributed by atoms with Crippen molar-refractivity contribution in [3.05, 3.63) is 65.4 Å². The highest BCUT2D eigenvalue weighted by atomic mass is 32.2. The van der Waals surface area contributed by atoms with Gasteiger partial charge >= 0.3 is 6.18 Å². The zero-order valence-corrected chi connectivity index (χ0v) is 17.0. The minimum absolute atomic E-state index is 0.173. The van der Waals surface area contributed by atoms with Gasteiger partial charge in [0.05, 0.1) is 23.9 Å². The Bertz CT molecular complexity index is 1180. The van der Waals surface area contributed by atoms with Gasteiger partial charge in [-0.15, -0.1) is 0 Å². The maximum Gasteiger partial charge on any atom is 0.433 e. The summed E-state index contributed by atoms with van der Waals surface area (Å²) in [6, 6.07) is 7.03. The highest BCUT2D eigenvalue weighted by molar-refractivity contribution is 7.94. The largest absolute Gasteiger partial charge is 0.433 e. The predicted molar refractivity (Wildman–Crippen MR) is 108 cm³/mol. The number of nitrogens with zero attached hydrogens (tertiary/aromatic N) is 4. The second kappa shape index (κ2) is 9.01. The maximum atomic E-state index is 12.8. The van der Waals surface area contributed by atoms with Crippen LogP contribution in [0.5, 0.6) is 5.88 Å². The van der Waals surface area contributed by atoms with Gasteiger partial charge in [-0.05, 0) is 31.2 Å². The van der Waals surface area contributed by atoms with Crippen LogP contribution in [-0.4, -0.2) is 27.1 Å². The van der Waals surface area contributed by atoms with Crippen molar-refractivity contribution in [2.45, 2.75) is 13.1 Å². The monoisotopic (exact) mass is 445 g/mol. The van der Waals surface area contributed by atoms with Crippen molar-refractivity contribution in [2.75, 3.05) is 11.6 Å². The standard InChI is InChI=1S/C20H14F3N5O2S/c1-11-16(14-5-13(8-24)19(27-9-14)30-31-2)7-15(10-26-11)28-18(29)12-3-4-25-17(6-12)20(21,22)23/h3-7,9-10H,1-2H3,(H,28,29). The first kappa shape index (κ1) is 22.0. The van der Waals surface area contributed by atoms with E-state index < -0.39 is 17.8 Å². The average Bonchev–Trinajstić information content (AvgIpc) is 2.75. The molecule has 3 heterocycles. The first-order chi connectivity index (χ1) is 14.7. The van der Waals surface area contributed by atoms with Crippen LogP contribution in [0.25, 0.3) is 11.1 Å². The Morgan fingerprint density at radius 1 is 1.19 bits per heavy atom. The molecular formula is C20H14F3N5O2S. The number of nitriles is 1. The highest BCUT2D eigenvalue weighted by Gasteiger charge is 2.33. The Kier molecular flexibility index (Phi) is 6.41. The van der Waals surface area contributed by atoms with Gasteiger partial charge in [-0.25, -0.2) is 4.98 Å². The van der Waals surface area contributed by atoms with E-state index in [1.54, 1.807) is 25.3 Å². The second-order valence-corrected chi connectivity index (χ2v) is 6.68. The summed E-state index contributed by atoms with van der Waals surface area (Å²) in [6.45, 7) is 1.73. The van der Waals surface area contributed by atoms with E-state index >= 15 is 0 Å². The van der Waals surface area contributed by atoms with E-state index in [9.17, 15) is 23.2 Å². The van der Waals surface area contributed by atoms with Gasteiger partial charge in [-0.3, -0.25) is 14.8 Å². The number of pyridine rings is 3. The summed E-state index contributed by atoms with van der Waals surface area (Å²) in [4.78, 5) is 24.0. The molecule has 0 aliphatic heterocycles. The van der Waals surface area contributed by atoms with Crippen molar-refractivity contribution in [2.24, 2.45) is 0 Å². The number of alkyl halides is 3. The number of halogens is 3. The topological polar surface area (TPSA) is 101 Å². The fourth-order valence-electron chi connectivity index (χ4n) is 2.65. The number of carbonyl (C=O) groups excluding carboxylic acids is 1. The van der Waals surface area contributed by atoms with Crippen molar-refractivity contribution in [1.29, 1.82) is 5.26 Å². The third-order valence-electron chi connectivity index (χ3n) is 4.10. The lowest BCUT2D eigenvalue weighted by molar-refractivity contribution is -0.141.